The number of hydrogen-bond donors (Lipinski definition) is 1. The van der Waals surface area contributed by atoms with Gasteiger partial charge in [-0.25, -0.2) is 14.6 Å². The molecule has 0 unspecified atom stereocenters. The van der Waals surface area contributed by atoms with E-state index in [1.54, 1.807) is 11.9 Å². The van der Waals surface area contributed by atoms with E-state index in [2.05, 4.69) is 12.2 Å². The van der Waals surface area contributed by atoms with Gasteiger partial charge in [-0.15, -0.1) is 0 Å². The van der Waals surface area contributed by atoms with Gasteiger partial charge in [0, 0.05) is 38.4 Å². The summed E-state index contributed by atoms with van der Waals surface area (Å²) in [5, 5.41) is 2.65. The van der Waals surface area contributed by atoms with Crippen LogP contribution in [0.5, 0.6) is 0 Å². The van der Waals surface area contributed by atoms with Gasteiger partial charge in [0.15, 0.2) is 11.9 Å². The summed E-state index contributed by atoms with van der Waals surface area (Å²) in [5.74, 6) is -0.166. The molecule has 6 aliphatic rings. The molecule has 1 N–H and O–H groups in total. The molecule has 2 amide bonds. The van der Waals surface area contributed by atoms with Crippen LogP contribution < -0.4 is 5.32 Å². The average molecular weight is 439 g/mol. The van der Waals surface area contributed by atoms with Gasteiger partial charge in [-0.3, -0.25) is 4.79 Å². The summed E-state index contributed by atoms with van der Waals surface area (Å²) in [7, 11) is 1.60. The van der Waals surface area contributed by atoms with Gasteiger partial charge in [0.25, 0.3) is 0 Å². The van der Waals surface area contributed by atoms with Crippen molar-refractivity contribution in [1.82, 2.24) is 10.2 Å². The summed E-state index contributed by atoms with van der Waals surface area (Å²) in [5.41, 5.74) is -1.25. The largest absolute Gasteiger partial charge is 0.419 e. The Morgan fingerprint density at radius 2 is 1.81 bits per heavy atom. The molecule has 6 fully saturated rings. The molecule has 174 valence electrons. The Bertz CT molecular complexity index is 771. The van der Waals surface area contributed by atoms with Crippen LogP contribution in [0.1, 0.15) is 53.4 Å². The van der Waals surface area contributed by atoms with Gasteiger partial charge in [-0.1, -0.05) is 13.8 Å². The van der Waals surface area contributed by atoms with Crippen molar-refractivity contribution in [3.05, 3.63) is 0 Å². The molecule has 1 spiro atoms. The number of fused-ring (bicyclic) bond motifs is 2. The van der Waals surface area contributed by atoms with Gasteiger partial charge in [0.1, 0.15) is 0 Å². The minimum atomic E-state index is -0.862. The highest BCUT2D eigenvalue weighted by atomic mass is 17.3. The van der Waals surface area contributed by atoms with Gasteiger partial charge in [-0.2, -0.15) is 0 Å². The molecule has 0 radical (unpaired) electrons. The number of nitrogens with zero attached hydrogens (tertiary/aromatic N) is 1. The normalized spacial score (nSPS) is 47.6. The fraction of sp³-hybridized carbons (Fsp3) is 0.909. The first kappa shape index (κ1) is 21.4. The van der Waals surface area contributed by atoms with Crippen LogP contribution >= 0.6 is 0 Å². The third-order valence-electron chi connectivity index (χ3n) is 8.43. The van der Waals surface area contributed by atoms with Crippen LogP contribution in [0.15, 0.2) is 0 Å². The summed E-state index contributed by atoms with van der Waals surface area (Å²) in [6, 6.07) is 0. The Morgan fingerprint density at radius 3 is 2.52 bits per heavy atom. The van der Waals surface area contributed by atoms with Gasteiger partial charge in [-0.05, 0) is 44.9 Å². The molecule has 0 aromatic carbocycles. The van der Waals surface area contributed by atoms with Gasteiger partial charge in [0.05, 0.1) is 5.41 Å². The summed E-state index contributed by atoms with van der Waals surface area (Å²) in [4.78, 5) is 38.3. The maximum atomic E-state index is 12.8. The molecule has 1 aliphatic carbocycles. The molecule has 9 heteroatoms. The molecule has 6 rings (SSSR count). The number of hydrogen-bond acceptors (Lipinski definition) is 7. The standard InChI is InChI=1S/C22H34N2O7/c1-12-6-7-15-13(2)16(28-19(26)24-10-20(3,11-24)17(25)23-5)27-18-22(15)14(12)8-9-21(4,29-18)30-31-22/h12-16,18H,6-11H2,1-5H3,(H,23,25)/t12-,13-,14+,15+,16-,18-,21-,22-/m1/s1. The molecule has 31 heavy (non-hydrogen) atoms. The number of rotatable bonds is 2. The first-order chi connectivity index (χ1) is 14.6. The summed E-state index contributed by atoms with van der Waals surface area (Å²) >= 11 is 0. The van der Waals surface area contributed by atoms with Gasteiger partial charge in [0.2, 0.25) is 18.0 Å². The fourth-order valence-corrected chi connectivity index (χ4v) is 6.55. The fourth-order valence-electron chi connectivity index (χ4n) is 6.55. The molecule has 1 saturated carbocycles. The van der Waals surface area contributed by atoms with Crippen molar-refractivity contribution < 1.29 is 33.6 Å². The van der Waals surface area contributed by atoms with E-state index in [0.29, 0.717) is 19.0 Å². The minimum absolute atomic E-state index is 0.0727. The lowest BCUT2D eigenvalue weighted by Crippen LogP contribution is -2.71. The lowest BCUT2D eigenvalue weighted by molar-refractivity contribution is -0.576. The Balaban J connectivity index is 1.33. The van der Waals surface area contributed by atoms with Crippen LogP contribution in [0.25, 0.3) is 0 Å². The summed E-state index contributed by atoms with van der Waals surface area (Å²) < 4.78 is 18.4. The number of likely N-dealkylation sites (tertiary alicyclic amines) is 1. The Labute approximate surface area is 183 Å². The quantitative estimate of drug-likeness (QED) is 0.662. The maximum absolute atomic E-state index is 12.8. The molecular formula is C22H34N2O7. The van der Waals surface area contributed by atoms with E-state index in [4.69, 9.17) is 24.0 Å². The highest BCUT2D eigenvalue weighted by Crippen LogP contribution is 2.60. The van der Waals surface area contributed by atoms with E-state index in [9.17, 15) is 9.59 Å². The lowest BCUT2D eigenvalue weighted by atomic mass is 9.58. The molecular weight excluding hydrogens is 404 g/mol. The Morgan fingerprint density at radius 1 is 1.06 bits per heavy atom. The molecule has 2 bridgehead atoms. The predicted molar refractivity (Wildman–Crippen MR) is 107 cm³/mol. The van der Waals surface area contributed by atoms with Crippen molar-refractivity contribution in [3.8, 4) is 0 Å². The third-order valence-corrected chi connectivity index (χ3v) is 8.43. The zero-order chi connectivity index (χ0) is 22.2. The lowest BCUT2D eigenvalue weighted by Gasteiger charge is -2.60. The topological polar surface area (TPSA) is 95.6 Å². The number of nitrogens with one attached hydrogen (secondary N) is 1. The van der Waals surface area contributed by atoms with E-state index in [0.717, 1.165) is 25.7 Å². The van der Waals surface area contributed by atoms with Crippen molar-refractivity contribution in [3.63, 3.8) is 0 Å². The van der Waals surface area contributed by atoms with Crippen molar-refractivity contribution in [2.24, 2.45) is 29.1 Å². The van der Waals surface area contributed by atoms with Crippen LogP contribution in [-0.4, -0.2) is 61.0 Å². The van der Waals surface area contributed by atoms with Crippen molar-refractivity contribution in [2.45, 2.75) is 77.3 Å². The van der Waals surface area contributed by atoms with E-state index in [1.807, 2.05) is 20.8 Å². The van der Waals surface area contributed by atoms with E-state index >= 15 is 0 Å². The molecule has 5 aliphatic heterocycles. The van der Waals surface area contributed by atoms with Crippen molar-refractivity contribution in [2.75, 3.05) is 20.1 Å². The first-order valence-electron chi connectivity index (χ1n) is 11.5. The third kappa shape index (κ3) is 3.03. The smallest absolute Gasteiger partial charge is 0.412 e. The average Bonchev–Trinajstić information content (AvgIpc) is 2.94. The summed E-state index contributed by atoms with van der Waals surface area (Å²) in [6.07, 6.45) is 1.88. The van der Waals surface area contributed by atoms with Crippen molar-refractivity contribution in [1.29, 1.82) is 0 Å². The molecule has 9 nitrogen and oxygen atoms in total. The second-order valence-corrected chi connectivity index (χ2v) is 10.7. The predicted octanol–water partition coefficient (Wildman–Crippen LogP) is 2.40. The maximum Gasteiger partial charge on any atom is 0.412 e. The van der Waals surface area contributed by atoms with Crippen LogP contribution in [0.2, 0.25) is 0 Å². The zero-order valence-electron chi connectivity index (χ0n) is 19.0. The van der Waals surface area contributed by atoms with Gasteiger partial charge >= 0.3 is 6.09 Å². The molecule has 5 heterocycles. The first-order valence-corrected chi connectivity index (χ1v) is 11.5. The van der Waals surface area contributed by atoms with Crippen LogP contribution in [0, 0.1) is 29.1 Å². The van der Waals surface area contributed by atoms with E-state index < -0.39 is 35.5 Å². The number of ether oxygens (including phenoxy) is 3. The molecule has 0 aromatic rings. The number of carbonyl (C=O) groups is 2. The minimum Gasteiger partial charge on any atom is -0.419 e. The molecule has 8 atom stereocenters. The number of amides is 2. The Kier molecular flexibility index (Phi) is 4.86. The zero-order valence-corrected chi connectivity index (χ0v) is 19.0. The van der Waals surface area contributed by atoms with E-state index in [-0.39, 0.29) is 23.7 Å². The van der Waals surface area contributed by atoms with Crippen LogP contribution in [-0.2, 0) is 28.8 Å². The Hall–Kier alpha value is -1.42. The van der Waals surface area contributed by atoms with E-state index in [1.165, 1.54) is 0 Å². The molecule has 0 aromatic heterocycles. The van der Waals surface area contributed by atoms with Crippen LogP contribution in [0.3, 0.4) is 0 Å². The SMILES string of the molecule is CNC(=O)C1(C)CN(C(=O)O[C@H]2O[C@@H]3O[C@@]4(C)CC[C@H]5[C@H](C)CC[C@@H]([C@H]2C)[C@@]35OO4)C1. The van der Waals surface area contributed by atoms with Crippen LogP contribution in [0.4, 0.5) is 4.79 Å². The summed E-state index contributed by atoms with van der Waals surface area (Å²) in [6.45, 7) is 8.69. The second-order valence-electron chi connectivity index (χ2n) is 10.7. The van der Waals surface area contributed by atoms with Gasteiger partial charge < -0.3 is 24.4 Å². The highest BCUT2D eigenvalue weighted by Gasteiger charge is 2.70. The number of carbonyl (C=O) groups excluding carboxylic acids is 2. The molecule has 5 saturated heterocycles. The van der Waals surface area contributed by atoms with Crippen molar-refractivity contribution >= 4 is 12.0 Å². The monoisotopic (exact) mass is 438 g/mol. The second kappa shape index (κ2) is 7.04. The highest BCUT2D eigenvalue weighted by molar-refractivity contribution is 5.85.